The van der Waals surface area contributed by atoms with E-state index in [1.165, 1.54) is 0 Å². The minimum atomic E-state index is 0.517. The van der Waals surface area contributed by atoms with Gasteiger partial charge in [-0.05, 0) is 37.7 Å². The monoisotopic (exact) mass is 166 g/mol. The van der Waals surface area contributed by atoms with Gasteiger partial charge in [-0.2, -0.15) is 0 Å². The molecule has 3 nitrogen and oxygen atoms in total. The fourth-order valence-corrected chi connectivity index (χ4v) is 0.893. The summed E-state index contributed by atoms with van der Waals surface area (Å²) in [6, 6.07) is 5.63. The lowest BCUT2D eigenvalue weighted by atomic mass is 10.2. The summed E-state index contributed by atoms with van der Waals surface area (Å²) in [5.74, 6) is 0.844. The highest BCUT2D eigenvalue weighted by molar-refractivity contribution is 5.49. The second-order valence-electron chi connectivity index (χ2n) is 2.66. The first-order valence-electron chi connectivity index (χ1n) is 3.87. The highest BCUT2D eigenvalue weighted by Crippen LogP contribution is 2.17. The number of benzene rings is 1. The molecule has 0 bridgehead atoms. The van der Waals surface area contributed by atoms with E-state index in [9.17, 15) is 0 Å². The zero-order chi connectivity index (χ0) is 8.97. The minimum absolute atomic E-state index is 0.517. The molecule has 0 spiro atoms. The van der Waals surface area contributed by atoms with Crippen molar-refractivity contribution in [2.75, 3.05) is 19.5 Å². The summed E-state index contributed by atoms with van der Waals surface area (Å²) < 4.78 is 5.32. The lowest BCUT2D eigenvalue weighted by Crippen LogP contribution is -2.14. The Morgan fingerprint density at radius 3 is 2.83 bits per heavy atom. The zero-order valence-electron chi connectivity index (χ0n) is 7.42. The molecule has 0 amide bonds. The van der Waals surface area contributed by atoms with Crippen LogP contribution >= 0.6 is 0 Å². The van der Waals surface area contributed by atoms with Crippen molar-refractivity contribution in [3.8, 4) is 5.75 Å². The third kappa shape index (κ3) is 2.13. The van der Waals surface area contributed by atoms with Gasteiger partial charge < -0.3 is 10.5 Å². The van der Waals surface area contributed by atoms with Crippen LogP contribution in [-0.2, 0) is 0 Å². The van der Waals surface area contributed by atoms with E-state index >= 15 is 0 Å². The molecule has 1 aromatic rings. The number of hydrogen-bond donors (Lipinski definition) is 2. The van der Waals surface area contributed by atoms with Gasteiger partial charge in [0.2, 0.25) is 0 Å². The molecular formula is C9H14N2O. The first-order chi connectivity index (χ1) is 5.74. The van der Waals surface area contributed by atoms with E-state index in [1.54, 1.807) is 0 Å². The second kappa shape index (κ2) is 3.97. The molecular weight excluding hydrogens is 152 g/mol. The molecule has 0 saturated heterocycles. The van der Waals surface area contributed by atoms with Crippen LogP contribution in [-0.4, -0.2) is 13.8 Å². The van der Waals surface area contributed by atoms with Crippen molar-refractivity contribution in [2.45, 2.75) is 6.92 Å². The number of nitrogens with two attached hydrogens (primary N) is 1. The molecule has 0 aliphatic carbocycles. The van der Waals surface area contributed by atoms with E-state index in [2.05, 4.69) is 5.32 Å². The summed E-state index contributed by atoms with van der Waals surface area (Å²) in [7, 11) is 1.84. The molecule has 0 fully saturated rings. The number of rotatable bonds is 3. The van der Waals surface area contributed by atoms with Gasteiger partial charge in [0.1, 0.15) is 12.5 Å². The molecule has 0 unspecified atom stereocenters. The van der Waals surface area contributed by atoms with Gasteiger partial charge in [0.25, 0.3) is 0 Å². The number of aryl methyl sites for hydroxylation is 1. The van der Waals surface area contributed by atoms with Crippen LogP contribution in [0.5, 0.6) is 5.75 Å². The maximum absolute atomic E-state index is 5.65. The van der Waals surface area contributed by atoms with Crippen LogP contribution < -0.4 is 15.8 Å². The summed E-state index contributed by atoms with van der Waals surface area (Å²) in [6.07, 6.45) is 0. The van der Waals surface area contributed by atoms with Crippen molar-refractivity contribution in [3.63, 3.8) is 0 Å². The highest BCUT2D eigenvalue weighted by atomic mass is 16.5. The Hall–Kier alpha value is -1.22. The van der Waals surface area contributed by atoms with Crippen molar-refractivity contribution in [2.24, 2.45) is 0 Å². The second-order valence-corrected chi connectivity index (χ2v) is 2.66. The van der Waals surface area contributed by atoms with Crippen LogP contribution in [0.25, 0.3) is 0 Å². The number of nitrogens with one attached hydrogen (secondary N) is 1. The maximum Gasteiger partial charge on any atom is 0.139 e. The number of anilines is 1. The van der Waals surface area contributed by atoms with Crippen LogP contribution in [0, 0.1) is 6.92 Å². The van der Waals surface area contributed by atoms with Gasteiger partial charge in [-0.3, -0.25) is 5.32 Å². The van der Waals surface area contributed by atoms with Gasteiger partial charge in [0, 0.05) is 5.69 Å². The normalized spacial score (nSPS) is 9.83. The predicted molar refractivity (Wildman–Crippen MR) is 50.1 cm³/mol. The molecule has 1 rings (SSSR count). The van der Waals surface area contributed by atoms with Gasteiger partial charge in [0.05, 0.1) is 0 Å². The third-order valence-electron chi connectivity index (χ3n) is 1.62. The van der Waals surface area contributed by atoms with Gasteiger partial charge >= 0.3 is 0 Å². The van der Waals surface area contributed by atoms with Gasteiger partial charge in [-0.1, -0.05) is 0 Å². The Bertz CT molecular complexity index is 261. The molecule has 0 atom stereocenters. The SMILES string of the molecule is CNCOc1ccc(N)c(C)c1. The van der Waals surface area contributed by atoms with E-state index < -0.39 is 0 Å². The standard InChI is InChI=1S/C9H14N2O/c1-7-5-8(12-6-11-2)3-4-9(7)10/h3-5,11H,6,10H2,1-2H3. The van der Waals surface area contributed by atoms with Gasteiger partial charge in [-0.25, -0.2) is 0 Å². The largest absolute Gasteiger partial charge is 0.478 e. The summed E-state index contributed by atoms with van der Waals surface area (Å²) in [5.41, 5.74) is 7.49. The average Bonchev–Trinajstić information content (AvgIpc) is 2.07. The number of hydrogen-bond acceptors (Lipinski definition) is 3. The molecule has 0 radical (unpaired) electrons. The smallest absolute Gasteiger partial charge is 0.139 e. The highest BCUT2D eigenvalue weighted by Gasteiger charge is 1.95. The quantitative estimate of drug-likeness (QED) is 0.522. The van der Waals surface area contributed by atoms with E-state index in [-0.39, 0.29) is 0 Å². The Kier molecular flexibility index (Phi) is 2.94. The van der Waals surface area contributed by atoms with Crippen LogP contribution in [0.4, 0.5) is 5.69 Å². The van der Waals surface area contributed by atoms with Crippen molar-refractivity contribution in [1.29, 1.82) is 0 Å². The molecule has 0 aliphatic rings. The van der Waals surface area contributed by atoms with Crippen LogP contribution in [0.2, 0.25) is 0 Å². The molecule has 0 aliphatic heterocycles. The van der Waals surface area contributed by atoms with E-state index in [0.29, 0.717) is 6.73 Å². The molecule has 1 aromatic carbocycles. The molecule has 0 aromatic heterocycles. The first-order valence-corrected chi connectivity index (χ1v) is 3.87. The zero-order valence-corrected chi connectivity index (χ0v) is 7.42. The molecule has 0 saturated carbocycles. The lowest BCUT2D eigenvalue weighted by Gasteiger charge is -2.06. The number of nitrogen functional groups attached to an aromatic ring is 1. The first kappa shape index (κ1) is 8.87. The fraction of sp³-hybridized carbons (Fsp3) is 0.333. The van der Waals surface area contributed by atoms with Gasteiger partial charge in [0.15, 0.2) is 0 Å². The summed E-state index contributed by atoms with van der Waals surface area (Å²) in [5, 5.41) is 2.90. The molecule has 3 N–H and O–H groups in total. The average molecular weight is 166 g/mol. The molecule has 3 heteroatoms. The van der Waals surface area contributed by atoms with Crippen molar-refractivity contribution in [3.05, 3.63) is 23.8 Å². The minimum Gasteiger partial charge on any atom is -0.478 e. The predicted octanol–water partition coefficient (Wildman–Crippen LogP) is 1.13. The van der Waals surface area contributed by atoms with Crippen molar-refractivity contribution < 1.29 is 4.74 Å². The topological polar surface area (TPSA) is 47.3 Å². The van der Waals surface area contributed by atoms with Crippen LogP contribution in [0.15, 0.2) is 18.2 Å². The van der Waals surface area contributed by atoms with Crippen LogP contribution in [0.3, 0.4) is 0 Å². The summed E-state index contributed by atoms with van der Waals surface area (Å²) in [6.45, 7) is 2.48. The summed E-state index contributed by atoms with van der Waals surface area (Å²) >= 11 is 0. The molecule has 12 heavy (non-hydrogen) atoms. The van der Waals surface area contributed by atoms with Crippen molar-refractivity contribution in [1.82, 2.24) is 5.32 Å². The van der Waals surface area contributed by atoms with Crippen LogP contribution in [0.1, 0.15) is 5.56 Å². The Labute approximate surface area is 72.5 Å². The molecule has 0 heterocycles. The van der Waals surface area contributed by atoms with E-state index in [4.69, 9.17) is 10.5 Å². The number of ether oxygens (including phenoxy) is 1. The maximum atomic E-state index is 5.65. The molecule has 66 valence electrons. The fourth-order valence-electron chi connectivity index (χ4n) is 0.893. The Morgan fingerprint density at radius 2 is 2.25 bits per heavy atom. The van der Waals surface area contributed by atoms with E-state index in [1.807, 2.05) is 32.2 Å². The van der Waals surface area contributed by atoms with Crippen molar-refractivity contribution >= 4 is 5.69 Å². The Balaban J connectivity index is 2.69. The Morgan fingerprint density at radius 1 is 1.50 bits per heavy atom. The lowest BCUT2D eigenvalue weighted by molar-refractivity contribution is 0.296. The van der Waals surface area contributed by atoms with Gasteiger partial charge in [-0.15, -0.1) is 0 Å². The van der Waals surface area contributed by atoms with E-state index in [0.717, 1.165) is 17.0 Å². The third-order valence-corrected chi connectivity index (χ3v) is 1.62. The summed E-state index contributed by atoms with van der Waals surface area (Å²) in [4.78, 5) is 0.